The molecular formula is C25H34N4O3S. The predicted molar refractivity (Wildman–Crippen MR) is 131 cm³/mol. The lowest BCUT2D eigenvalue weighted by molar-refractivity contribution is -0.122. The second-order valence-electron chi connectivity index (χ2n) is 8.84. The van der Waals surface area contributed by atoms with E-state index in [4.69, 9.17) is 5.26 Å². The molecule has 33 heavy (non-hydrogen) atoms. The summed E-state index contributed by atoms with van der Waals surface area (Å²) in [6.45, 7) is 5.14. The molecule has 0 saturated heterocycles. The summed E-state index contributed by atoms with van der Waals surface area (Å²) in [4.78, 5) is 14.9. The third kappa shape index (κ3) is 7.39. The van der Waals surface area contributed by atoms with Crippen molar-refractivity contribution in [2.75, 3.05) is 40.8 Å². The van der Waals surface area contributed by atoms with Gasteiger partial charge in [0.05, 0.1) is 16.9 Å². The first-order valence-corrected chi connectivity index (χ1v) is 12.5. The number of benzene rings is 2. The minimum Gasteiger partial charge on any atom is -0.342 e. The molecule has 0 aliphatic carbocycles. The van der Waals surface area contributed by atoms with Gasteiger partial charge in [0.15, 0.2) is 0 Å². The van der Waals surface area contributed by atoms with Crippen molar-refractivity contribution in [1.29, 1.82) is 5.26 Å². The van der Waals surface area contributed by atoms with Crippen LogP contribution in [0.4, 0.5) is 0 Å². The molecule has 0 aromatic heterocycles. The quantitative estimate of drug-likeness (QED) is 0.509. The Morgan fingerprint density at radius 3 is 2.27 bits per heavy atom. The number of nitrogens with one attached hydrogen (secondary N) is 1. The summed E-state index contributed by atoms with van der Waals surface area (Å²) in [5.74, 6) is -0.214. The van der Waals surface area contributed by atoms with Gasteiger partial charge in [-0.25, -0.2) is 8.42 Å². The number of sulfonamides is 1. The lowest BCUT2D eigenvalue weighted by atomic mass is 9.88. The lowest BCUT2D eigenvalue weighted by Gasteiger charge is -2.20. The summed E-state index contributed by atoms with van der Waals surface area (Å²) < 4.78 is 27.0. The molecule has 0 radical (unpaired) electrons. The van der Waals surface area contributed by atoms with E-state index >= 15 is 0 Å². The number of hydrogen-bond donors (Lipinski definition) is 1. The molecule has 2 aromatic carbocycles. The van der Waals surface area contributed by atoms with Gasteiger partial charge >= 0.3 is 0 Å². The molecule has 1 unspecified atom stereocenters. The van der Waals surface area contributed by atoms with Crippen LogP contribution in [0.3, 0.4) is 0 Å². The molecule has 0 spiro atoms. The van der Waals surface area contributed by atoms with Crippen LogP contribution >= 0.6 is 0 Å². The maximum atomic E-state index is 12.8. The minimum atomic E-state index is -3.56. The van der Waals surface area contributed by atoms with Gasteiger partial charge in [-0.1, -0.05) is 50.2 Å². The molecule has 0 fully saturated rings. The van der Waals surface area contributed by atoms with Crippen molar-refractivity contribution in [1.82, 2.24) is 14.5 Å². The summed E-state index contributed by atoms with van der Waals surface area (Å²) in [6.07, 6.45) is 0.664. The normalized spacial score (nSPS) is 12.7. The molecule has 0 bridgehead atoms. The van der Waals surface area contributed by atoms with Crippen LogP contribution in [0.15, 0.2) is 53.4 Å². The molecule has 0 heterocycles. The largest absolute Gasteiger partial charge is 0.342 e. The maximum absolute atomic E-state index is 12.8. The van der Waals surface area contributed by atoms with Crippen molar-refractivity contribution in [2.45, 2.75) is 31.1 Å². The highest BCUT2D eigenvalue weighted by atomic mass is 32.2. The third-order valence-corrected chi connectivity index (χ3v) is 7.28. The van der Waals surface area contributed by atoms with Crippen molar-refractivity contribution in [2.24, 2.45) is 5.92 Å². The highest BCUT2D eigenvalue weighted by molar-refractivity contribution is 7.89. The van der Waals surface area contributed by atoms with Gasteiger partial charge in [-0.15, -0.1) is 0 Å². The van der Waals surface area contributed by atoms with Crippen LogP contribution < -0.4 is 5.32 Å². The highest BCUT2D eigenvalue weighted by Crippen LogP contribution is 2.29. The van der Waals surface area contributed by atoms with E-state index in [0.29, 0.717) is 25.4 Å². The standard InChI is InChI=1S/C25H34N4O3S/c1-19(2)17-24(25(30)27-14-13-26)22-8-6-7-21(18-22)20-9-11-23(12-10-20)33(31,32)29(5)16-15-28(3)4/h6-12,18-19,24H,14-17H2,1-5H3,(H,27,30). The van der Waals surface area contributed by atoms with E-state index in [2.05, 4.69) is 19.2 Å². The van der Waals surface area contributed by atoms with Gasteiger partial charge in [0.2, 0.25) is 15.9 Å². The number of nitrogens with zero attached hydrogens (tertiary/aromatic N) is 3. The van der Waals surface area contributed by atoms with E-state index in [1.165, 1.54) is 4.31 Å². The Hall–Kier alpha value is -2.73. The van der Waals surface area contributed by atoms with Crippen molar-refractivity contribution in [3.8, 4) is 17.2 Å². The number of carbonyl (C=O) groups is 1. The number of hydrogen-bond acceptors (Lipinski definition) is 5. The number of likely N-dealkylation sites (N-methyl/N-ethyl adjacent to an activating group) is 2. The summed E-state index contributed by atoms with van der Waals surface area (Å²) in [7, 11) is 1.83. The molecular weight excluding hydrogens is 436 g/mol. The van der Waals surface area contributed by atoms with Crippen molar-refractivity contribution >= 4 is 15.9 Å². The van der Waals surface area contributed by atoms with Gasteiger partial charge in [0.1, 0.15) is 6.54 Å². The molecule has 1 atom stereocenters. The monoisotopic (exact) mass is 470 g/mol. The average molecular weight is 471 g/mol. The van der Waals surface area contributed by atoms with Gasteiger partial charge in [-0.3, -0.25) is 4.79 Å². The third-order valence-electron chi connectivity index (χ3n) is 5.41. The SMILES string of the molecule is CC(C)CC(C(=O)NCC#N)c1cccc(-c2ccc(S(=O)(=O)N(C)CCN(C)C)cc2)c1. The minimum absolute atomic E-state index is 0.0218. The summed E-state index contributed by atoms with van der Waals surface area (Å²) in [5.41, 5.74) is 2.64. The molecule has 2 aromatic rings. The van der Waals surface area contributed by atoms with Crippen LogP contribution in [0.2, 0.25) is 0 Å². The van der Waals surface area contributed by atoms with Crippen molar-refractivity contribution < 1.29 is 13.2 Å². The Balaban J connectivity index is 2.29. The number of rotatable bonds is 11. The topological polar surface area (TPSA) is 93.5 Å². The van der Waals surface area contributed by atoms with E-state index in [9.17, 15) is 13.2 Å². The molecule has 7 nitrogen and oxygen atoms in total. The molecule has 0 aliphatic rings. The summed E-state index contributed by atoms with van der Waals surface area (Å²) in [5, 5.41) is 11.5. The number of nitriles is 1. The van der Waals surface area contributed by atoms with Crippen molar-refractivity contribution in [3.63, 3.8) is 0 Å². The van der Waals surface area contributed by atoms with Crippen molar-refractivity contribution in [3.05, 3.63) is 54.1 Å². The predicted octanol–water partition coefficient (Wildman–Crippen LogP) is 3.31. The molecule has 1 amide bonds. The summed E-state index contributed by atoms with van der Waals surface area (Å²) >= 11 is 0. The van der Waals surface area contributed by atoms with E-state index in [1.807, 2.05) is 49.3 Å². The van der Waals surface area contributed by atoms with E-state index in [-0.39, 0.29) is 23.3 Å². The second-order valence-corrected chi connectivity index (χ2v) is 10.9. The first-order chi connectivity index (χ1) is 15.6. The first kappa shape index (κ1) is 26.5. The van der Waals surface area contributed by atoms with Gasteiger partial charge < -0.3 is 10.2 Å². The Morgan fingerprint density at radius 1 is 1.03 bits per heavy atom. The fraction of sp³-hybridized carbons (Fsp3) is 0.440. The summed E-state index contributed by atoms with van der Waals surface area (Å²) in [6, 6.07) is 16.5. The second kappa shape index (κ2) is 11.9. The zero-order chi connectivity index (χ0) is 24.6. The average Bonchev–Trinajstić information content (AvgIpc) is 2.79. The number of carbonyl (C=O) groups excluding carboxylic acids is 1. The van der Waals surface area contributed by atoms with Gasteiger partial charge in [0.25, 0.3) is 0 Å². The fourth-order valence-corrected chi connectivity index (χ4v) is 4.67. The molecule has 8 heteroatoms. The van der Waals surface area contributed by atoms with Crippen LogP contribution in [0.1, 0.15) is 31.7 Å². The van der Waals surface area contributed by atoms with E-state index in [0.717, 1.165) is 16.7 Å². The molecule has 2 rings (SSSR count). The van der Waals surface area contributed by atoms with E-state index in [1.54, 1.807) is 31.3 Å². The highest BCUT2D eigenvalue weighted by Gasteiger charge is 2.23. The fourth-order valence-electron chi connectivity index (χ4n) is 3.51. The number of amides is 1. The van der Waals surface area contributed by atoms with Gasteiger partial charge in [-0.2, -0.15) is 9.57 Å². The molecule has 178 valence electrons. The van der Waals surface area contributed by atoms with Crippen LogP contribution in [0.5, 0.6) is 0 Å². The van der Waals surface area contributed by atoms with E-state index < -0.39 is 10.0 Å². The van der Waals surface area contributed by atoms with Crippen LogP contribution in [-0.2, 0) is 14.8 Å². The lowest BCUT2D eigenvalue weighted by Crippen LogP contribution is -2.33. The zero-order valence-corrected chi connectivity index (χ0v) is 20.9. The Morgan fingerprint density at radius 2 is 1.70 bits per heavy atom. The molecule has 1 N–H and O–H groups in total. The molecule has 0 aliphatic heterocycles. The Labute approximate surface area is 198 Å². The first-order valence-electron chi connectivity index (χ1n) is 11.0. The Kier molecular flexibility index (Phi) is 9.59. The molecule has 0 saturated carbocycles. The smallest absolute Gasteiger partial charge is 0.242 e. The maximum Gasteiger partial charge on any atom is 0.242 e. The van der Waals surface area contributed by atoms with Crippen LogP contribution in [-0.4, -0.2) is 64.3 Å². The van der Waals surface area contributed by atoms with Gasteiger partial charge in [0, 0.05) is 20.1 Å². The zero-order valence-electron chi connectivity index (χ0n) is 20.1. The van der Waals surface area contributed by atoms with Gasteiger partial charge in [-0.05, 0) is 55.3 Å². The Bertz CT molecular complexity index is 1070. The van der Waals surface area contributed by atoms with Crippen LogP contribution in [0, 0.1) is 17.2 Å². The van der Waals surface area contributed by atoms with Crippen LogP contribution in [0.25, 0.3) is 11.1 Å².